The Hall–Kier alpha value is -3.56. The zero-order valence-corrected chi connectivity index (χ0v) is 15.9. The predicted octanol–water partition coefficient (Wildman–Crippen LogP) is 0.644. The number of aromatic nitrogens is 5. The number of benzene rings is 1. The van der Waals surface area contributed by atoms with Crippen LogP contribution in [0.2, 0.25) is 0 Å². The molecule has 4 rings (SSSR count). The van der Waals surface area contributed by atoms with Crippen LogP contribution in [0.1, 0.15) is 19.3 Å². The summed E-state index contributed by atoms with van der Waals surface area (Å²) in [6.45, 7) is 1.70. The zero-order valence-electron chi connectivity index (χ0n) is 15.9. The molecule has 1 aromatic carbocycles. The van der Waals surface area contributed by atoms with Gasteiger partial charge < -0.3 is 15.5 Å². The average Bonchev–Trinajstić information content (AvgIpc) is 3.22. The van der Waals surface area contributed by atoms with E-state index in [-0.39, 0.29) is 24.8 Å². The van der Waals surface area contributed by atoms with Gasteiger partial charge >= 0.3 is 0 Å². The highest BCUT2D eigenvalue weighted by Crippen LogP contribution is 2.26. The maximum Gasteiger partial charge on any atom is 0.230 e. The van der Waals surface area contributed by atoms with Crippen molar-refractivity contribution in [2.45, 2.75) is 19.3 Å². The summed E-state index contributed by atoms with van der Waals surface area (Å²) in [7, 11) is 0. The first-order valence-electron chi connectivity index (χ1n) is 9.57. The molecule has 0 atom stereocenters. The quantitative estimate of drug-likeness (QED) is 0.651. The van der Waals surface area contributed by atoms with E-state index >= 15 is 0 Å². The first-order chi connectivity index (χ1) is 14.1. The maximum atomic E-state index is 13.2. The van der Waals surface area contributed by atoms with Crippen molar-refractivity contribution in [1.29, 1.82) is 0 Å². The number of hydrogen-bond donors (Lipinski definition) is 1. The smallest absolute Gasteiger partial charge is 0.230 e. The third-order valence-electron chi connectivity index (χ3n) is 5.14. The predicted molar refractivity (Wildman–Crippen MR) is 106 cm³/mol. The molecule has 0 spiro atoms. The van der Waals surface area contributed by atoms with Crippen molar-refractivity contribution in [2.75, 3.05) is 29.4 Å². The van der Waals surface area contributed by atoms with E-state index < -0.39 is 5.91 Å². The number of para-hydroxylation sites is 1. The van der Waals surface area contributed by atoms with Gasteiger partial charge in [-0.15, -0.1) is 14.8 Å². The van der Waals surface area contributed by atoms with Crippen molar-refractivity contribution >= 4 is 29.0 Å². The zero-order chi connectivity index (χ0) is 20.2. The number of carbonyl (C=O) groups excluding carboxylic acids is 2. The molecule has 150 valence electrons. The molecular weight excluding hydrogens is 372 g/mol. The molecule has 2 aromatic heterocycles. The van der Waals surface area contributed by atoms with Gasteiger partial charge in [-0.2, -0.15) is 0 Å². The number of nitrogens with two attached hydrogens (primary N) is 1. The Morgan fingerprint density at radius 3 is 2.59 bits per heavy atom. The number of nitrogens with zero attached hydrogens (tertiary/aromatic N) is 7. The summed E-state index contributed by atoms with van der Waals surface area (Å²) in [5.74, 6) is 0.277. The molecular formula is C19H22N8O2. The van der Waals surface area contributed by atoms with Gasteiger partial charge in [0.1, 0.15) is 0 Å². The lowest BCUT2D eigenvalue weighted by Gasteiger charge is -2.34. The van der Waals surface area contributed by atoms with Gasteiger partial charge in [-0.25, -0.2) is 0 Å². The number of primary amides is 1. The number of amides is 2. The Morgan fingerprint density at radius 2 is 1.86 bits per heavy atom. The highest BCUT2D eigenvalue weighted by atomic mass is 16.2. The van der Waals surface area contributed by atoms with Gasteiger partial charge in [0.15, 0.2) is 11.5 Å². The van der Waals surface area contributed by atoms with Crippen molar-refractivity contribution in [1.82, 2.24) is 25.3 Å². The molecule has 3 aromatic rings. The molecule has 0 radical (unpaired) electrons. The lowest BCUT2D eigenvalue weighted by molar-refractivity contribution is -0.123. The highest BCUT2D eigenvalue weighted by molar-refractivity contribution is 5.95. The Balaban J connectivity index is 1.44. The number of anilines is 2. The third-order valence-corrected chi connectivity index (χ3v) is 5.14. The lowest BCUT2D eigenvalue weighted by Crippen LogP contribution is -2.44. The van der Waals surface area contributed by atoms with Crippen LogP contribution in [0.5, 0.6) is 0 Å². The fourth-order valence-corrected chi connectivity index (χ4v) is 3.58. The molecule has 10 heteroatoms. The Bertz CT molecular complexity index is 998. The minimum Gasteiger partial charge on any atom is -0.370 e. The van der Waals surface area contributed by atoms with Gasteiger partial charge in [0.2, 0.25) is 11.8 Å². The van der Waals surface area contributed by atoms with Crippen LogP contribution < -0.4 is 15.5 Å². The van der Waals surface area contributed by atoms with Crippen LogP contribution in [0.15, 0.2) is 42.5 Å². The fourth-order valence-electron chi connectivity index (χ4n) is 3.58. The first kappa shape index (κ1) is 18.8. The normalized spacial score (nSPS) is 14.8. The minimum absolute atomic E-state index is 0.0287. The van der Waals surface area contributed by atoms with E-state index in [1.165, 1.54) is 4.63 Å². The Kier molecular flexibility index (Phi) is 5.32. The molecule has 0 aliphatic carbocycles. The molecule has 2 amide bonds. The van der Waals surface area contributed by atoms with Crippen molar-refractivity contribution in [2.24, 2.45) is 11.7 Å². The number of tetrazole rings is 1. The standard InChI is InChI=1S/C19H22N8O2/c20-16(28)10-13-26(15-4-2-1-3-5-15)19(29)14-8-11-25(12-9-14)18-7-6-17-21-23-24-27(17)22-18/h1-7,14H,8-13H2,(H2,20,28). The molecule has 0 bridgehead atoms. The van der Waals surface area contributed by atoms with Gasteiger partial charge in [-0.05, 0) is 47.5 Å². The Labute approximate surface area is 167 Å². The molecule has 1 fully saturated rings. The molecule has 1 aliphatic rings. The van der Waals surface area contributed by atoms with Crippen molar-refractivity contribution in [3.05, 3.63) is 42.5 Å². The van der Waals surface area contributed by atoms with Crippen LogP contribution in [0.4, 0.5) is 11.5 Å². The van der Waals surface area contributed by atoms with Crippen LogP contribution in [0.25, 0.3) is 5.65 Å². The van der Waals surface area contributed by atoms with Crippen LogP contribution >= 0.6 is 0 Å². The van der Waals surface area contributed by atoms with E-state index in [9.17, 15) is 9.59 Å². The Morgan fingerprint density at radius 1 is 1.10 bits per heavy atom. The summed E-state index contributed by atoms with van der Waals surface area (Å²) < 4.78 is 1.40. The minimum atomic E-state index is -0.419. The summed E-state index contributed by atoms with van der Waals surface area (Å²) in [5.41, 5.74) is 6.68. The molecule has 0 saturated carbocycles. The van der Waals surface area contributed by atoms with Gasteiger partial charge in [0.25, 0.3) is 0 Å². The molecule has 29 heavy (non-hydrogen) atoms. The summed E-state index contributed by atoms with van der Waals surface area (Å²) in [4.78, 5) is 28.3. The van der Waals surface area contributed by atoms with Crippen LogP contribution in [-0.4, -0.2) is 56.7 Å². The molecule has 2 N–H and O–H groups in total. The average molecular weight is 394 g/mol. The second-order valence-electron chi connectivity index (χ2n) is 7.02. The van der Waals surface area contributed by atoms with E-state index in [0.717, 1.165) is 11.5 Å². The first-order valence-corrected chi connectivity index (χ1v) is 9.57. The monoisotopic (exact) mass is 394 g/mol. The van der Waals surface area contributed by atoms with Crippen LogP contribution in [-0.2, 0) is 9.59 Å². The van der Waals surface area contributed by atoms with Crippen molar-refractivity contribution in [3.8, 4) is 0 Å². The van der Waals surface area contributed by atoms with Crippen molar-refractivity contribution in [3.63, 3.8) is 0 Å². The van der Waals surface area contributed by atoms with Gasteiger partial charge in [-0.3, -0.25) is 9.59 Å². The van der Waals surface area contributed by atoms with E-state index in [2.05, 4.69) is 25.5 Å². The van der Waals surface area contributed by atoms with Crippen molar-refractivity contribution < 1.29 is 9.59 Å². The molecule has 1 aliphatic heterocycles. The number of rotatable bonds is 6. The largest absolute Gasteiger partial charge is 0.370 e. The topological polar surface area (TPSA) is 123 Å². The summed E-state index contributed by atoms with van der Waals surface area (Å²) in [6, 6.07) is 13.1. The van der Waals surface area contributed by atoms with Crippen LogP contribution in [0.3, 0.4) is 0 Å². The summed E-state index contributed by atoms with van der Waals surface area (Å²) in [6.07, 6.45) is 1.54. The molecule has 3 heterocycles. The third kappa shape index (κ3) is 4.15. The number of hydrogen-bond acceptors (Lipinski definition) is 7. The van der Waals surface area contributed by atoms with E-state index in [4.69, 9.17) is 5.73 Å². The number of carbonyl (C=O) groups is 2. The molecule has 0 unspecified atom stereocenters. The molecule has 1 saturated heterocycles. The second kappa shape index (κ2) is 8.21. The number of fused-ring (bicyclic) bond motifs is 1. The number of piperidine rings is 1. The van der Waals surface area contributed by atoms with E-state index in [1.54, 1.807) is 4.90 Å². The summed E-state index contributed by atoms with van der Waals surface area (Å²) >= 11 is 0. The van der Waals surface area contributed by atoms with Gasteiger partial charge in [0.05, 0.1) is 0 Å². The summed E-state index contributed by atoms with van der Waals surface area (Å²) in [5, 5.41) is 15.7. The van der Waals surface area contributed by atoms with E-state index in [0.29, 0.717) is 31.6 Å². The highest BCUT2D eigenvalue weighted by Gasteiger charge is 2.30. The maximum absolute atomic E-state index is 13.2. The SMILES string of the molecule is NC(=O)CCN(C(=O)C1CCN(c2ccc3nnnn3n2)CC1)c1ccccc1. The van der Waals surface area contributed by atoms with Crippen LogP contribution in [0, 0.1) is 5.92 Å². The van der Waals surface area contributed by atoms with E-state index in [1.807, 2.05) is 42.5 Å². The fraction of sp³-hybridized carbons (Fsp3) is 0.368. The lowest BCUT2D eigenvalue weighted by atomic mass is 9.94. The second-order valence-corrected chi connectivity index (χ2v) is 7.02. The molecule has 10 nitrogen and oxygen atoms in total. The van der Waals surface area contributed by atoms with Gasteiger partial charge in [-0.1, -0.05) is 18.2 Å². The van der Waals surface area contributed by atoms with Gasteiger partial charge in [0, 0.05) is 37.7 Å².